The lowest BCUT2D eigenvalue weighted by atomic mass is 10.4. The fourth-order valence-electron chi connectivity index (χ4n) is 0.615. The number of nitrogens with one attached hydrogen (secondary N) is 1. The number of hydrogen-bond donors (Lipinski definition) is 3. The smallest absolute Gasteiger partial charge is 0.347 e. The quantitative estimate of drug-likeness (QED) is 0.460. The van der Waals surface area contributed by atoms with Crippen LogP contribution < -0.4 is 11.4 Å². The summed E-state index contributed by atoms with van der Waals surface area (Å²) in [5.41, 5.74) is 5.03. The zero-order valence-corrected chi connectivity index (χ0v) is 5.16. The molecule has 5 nitrogen and oxygen atoms in total. The summed E-state index contributed by atoms with van der Waals surface area (Å²) in [5.74, 6) is 0.118. The Labute approximate surface area is 56.5 Å². The van der Waals surface area contributed by atoms with Gasteiger partial charge in [-0.2, -0.15) is 4.98 Å². The van der Waals surface area contributed by atoms with Gasteiger partial charge in [-0.3, -0.25) is 0 Å². The Morgan fingerprint density at radius 1 is 1.80 bits per heavy atom. The molecule has 0 saturated heterocycles. The van der Waals surface area contributed by atoms with Crippen molar-refractivity contribution in [2.75, 3.05) is 5.73 Å². The Morgan fingerprint density at radius 3 is 3.00 bits per heavy atom. The second-order valence-corrected chi connectivity index (χ2v) is 1.79. The van der Waals surface area contributed by atoms with Gasteiger partial charge in [0.1, 0.15) is 5.82 Å². The molecule has 0 aromatic carbocycles. The number of nitrogens with two attached hydrogens (primary N) is 1. The Morgan fingerprint density at radius 2 is 2.50 bits per heavy atom. The molecule has 4 N–H and O–H groups in total. The van der Waals surface area contributed by atoms with E-state index in [0.717, 1.165) is 0 Å². The molecular formula is C5H7N3O2. The molecule has 0 atom stereocenters. The van der Waals surface area contributed by atoms with Gasteiger partial charge in [0, 0.05) is 11.8 Å². The summed E-state index contributed by atoms with van der Waals surface area (Å²) in [6.07, 6.45) is 0. The van der Waals surface area contributed by atoms with E-state index in [9.17, 15) is 4.79 Å². The van der Waals surface area contributed by atoms with Crippen molar-refractivity contribution in [2.24, 2.45) is 0 Å². The van der Waals surface area contributed by atoms with Crippen LogP contribution in [0.4, 0.5) is 5.82 Å². The monoisotopic (exact) mass is 141 g/mol. The number of H-pyrrole nitrogens is 1. The number of hydrogen-bond acceptors (Lipinski definition) is 4. The van der Waals surface area contributed by atoms with Crippen LogP contribution in [0.3, 0.4) is 0 Å². The number of aromatic nitrogens is 2. The molecule has 1 aromatic heterocycles. The predicted molar refractivity (Wildman–Crippen MR) is 35.2 cm³/mol. The van der Waals surface area contributed by atoms with E-state index >= 15 is 0 Å². The number of nitrogens with zero attached hydrogens (tertiary/aromatic N) is 1. The van der Waals surface area contributed by atoms with Crippen LogP contribution in [0, 0.1) is 0 Å². The number of rotatable bonds is 1. The molecule has 0 fully saturated rings. The lowest BCUT2D eigenvalue weighted by Crippen LogP contribution is -2.14. The summed E-state index contributed by atoms with van der Waals surface area (Å²) in [7, 11) is 0. The Balaban J connectivity index is 3.19. The number of aromatic amines is 1. The van der Waals surface area contributed by atoms with Crippen LogP contribution in [0.25, 0.3) is 0 Å². The van der Waals surface area contributed by atoms with Crippen LogP contribution in [0.15, 0.2) is 10.9 Å². The first-order valence-electron chi connectivity index (χ1n) is 2.69. The number of aliphatic hydroxyl groups is 1. The normalized spacial score (nSPS) is 9.70. The van der Waals surface area contributed by atoms with Crippen molar-refractivity contribution in [3.63, 3.8) is 0 Å². The maximum Gasteiger partial charge on any atom is 0.347 e. The minimum atomic E-state index is -0.538. The van der Waals surface area contributed by atoms with Gasteiger partial charge in [-0.25, -0.2) is 4.79 Å². The van der Waals surface area contributed by atoms with Gasteiger partial charge in [0.15, 0.2) is 0 Å². The highest BCUT2D eigenvalue weighted by Crippen LogP contribution is 1.94. The zero-order valence-electron chi connectivity index (χ0n) is 5.16. The van der Waals surface area contributed by atoms with Crippen molar-refractivity contribution in [1.82, 2.24) is 9.97 Å². The summed E-state index contributed by atoms with van der Waals surface area (Å²) in [4.78, 5) is 16.2. The maximum atomic E-state index is 10.5. The van der Waals surface area contributed by atoms with E-state index < -0.39 is 5.69 Å². The Hall–Kier alpha value is -1.36. The molecule has 0 aliphatic heterocycles. The average molecular weight is 141 g/mol. The van der Waals surface area contributed by atoms with Gasteiger partial charge < -0.3 is 15.8 Å². The third-order valence-corrected chi connectivity index (χ3v) is 0.991. The first-order chi connectivity index (χ1) is 4.72. The SMILES string of the molecule is Nc1cc(CO)[nH]c(=O)n1. The summed E-state index contributed by atoms with van der Waals surface area (Å²) < 4.78 is 0. The molecule has 1 aromatic rings. The number of nitrogen functional groups attached to an aromatic ring is 1. The van der Waals surface area contributed by atoms with Gasteiger partial charge in [0.2, 0.25) is 0 Å². The maximum absolute atomic E-state index is 10.5. The summed E-state index contributed by atoms with van der Waals surface area (Å²) in [6, 6.07) is 1.40. The third kappa shape index (κ3) is 1.32. The van der Waals surface area contributed by atoms with Gasteiger partial charge in [-0.05, 0) is 0 Å². The lowest BCUT2D eigenvalue weighted by Gasteiger charge is -1.94. The highest BCUT2D eigenvalue weighted by molar-refractivity contribution is 5.27. The van der Waals surface area contributed by atoms with Crippen LogP contribution in [-0.4, -0.2) is 15.1 Å². The number of aliphatic hydroxyl groups excluding tert-OH is 1. The molecule has 1 rings (SSSR count). The molecule has 5 heteroatoms. The molecular weight excluding hydrogens is 134 g/mol. The molecule has 10 heavy (non-hydrogen) atoms. The number of anilines is 1. The fraction of sp³-hybridized carbons (Fsp3) is 0.200. The lowest BCUT2D eigenvalue weighted by molar-refractivity contribution is 0.276. The molecule has 0 unspecified atom stereocenters. The van der Waals surface area contributed by atoms with E-state index in [4.69, 9.17) is 10.8 Å². The van der Waals surface area contributed by atoms with E-state index in [1.165, 1.54) is 6.07 Å². The summed E-state index contributed by atoms with van der Waals surface area (Å²) in [6.45, 7) is -0.234. The summed E-state index contributed by atoms with van der Waals surface area (Å²) in [5, 5.41) is 8.53. The molecule has 0 aliphatic rings. The van der Waals surface area contributed by atoms with Crippen molar-refractivity contribution in [3.8, 4) is 0 Å². The minimum Gasteiger partial charge on any atom is -0.390 e. The van der Waals surface area contributed by atoms with E-state index in [1.54, 1.807) is 0 Å². The fourth-order valence-corrected chi connectivity index (χ4v) is 0.615. The van der Waals surface area contributed by atoms with Crippen molar-refractivity contribution >= 4 is 5.82 Å². The van der Waals surface area contributed by atoms with Gasteiger partial charge in [0.25, 0.3) is 0 Å². The second kappa shape index (κ2) is 2.49. The van der Waals surface area contributed by atoms with Crippen molar-refractivity contribution in [2.45, 2.75) is 6.61 Å². The van der Waals surface area contributed by atoms with E-state index in [0.29, 0.717) is 5.69 Å². The largest absolute Gasteiger partial charge is 0.390 e. The van der Waals surface area contributed by atoms with Crippen LogP contribution in [0.1, 0.15) is 5.69 Å². The Kier molecular flexibility index (Phi) is 1.68. The van der Waals surface area contributed by atoms with Gasteiger partial charge in [-0.15, -0.1) is 0 Å². The van der Waals surface area contributed by atoms with Crippen molar-refractivity contribution < 1.29 is 5.11 Å². The van der Waals surface area contributed by atoms with Crippen molar-refractivity contribution in [1.29, 1.82) is 0 Å². The first kappa shape index (κ1) is 6.76. The molecule has 0 aliphatic carbocycles. The molecule has 0 radical (unpaired) electrons. The second-order valence-electron chi connectivity index (χ2n) is 1.79. The van der Waals surface area contributed by atoms with Crippen LogP contribution in [0.2, 0.25) is 0 Å². The molecule has 0 saturated carbocycles. The molecule has 54 valence electrons. The molecule has 1 heterocycles. The first-order valence-corrected chi connectivity index (χ1v) is 2.69. The highest BCUT2D eigenvalue weighted by atomic mass is 16.3. The minimum absolute atomic E-state index is 0.118. The predicted octanol–water partition coefficient (Wildman–Crippen LogP) is -1.16. The molecule has 0 amide bonds. The van der Waals surface area contributed by atoms with Gasteiger partial charge in [0.05, 0.1) is 6.61 Å². The van der Waals surface area contributed by atoms with Crippen LogP contribution >= 0.6 is 0 Å². The van der Waals surface area contributed by atoms with Crippen LogP contribution in [0.5, 0.6) is 0 Å². The standard InChI is InChI=1S/C5H7N3O2/c6-4-1-3(2-9)7-5(10)8-4/h1,9H,2H2,(H3,6,7,8,10). The highest BCUT2D eigenvalue weighted by Gasteiger charge is 1.93. The summed E-state index contributed by atoms with van der Waals surface area (Å²) >= 11 is 0. The van der Waals surface area contributed by atoms with E-state index in [-0.39, 0.29) is 12.4 Å². The van der Waals surface area contributed by atoms with E-state index in [2.05, 4.69) is 9.97 Å². The topological polar surface area (TPSA) is 92.0 Å². The van der Waals surface area contributed by atoms with Gasteiger partial charge in [-0.1, -0.05) is 0 Å². The van der Waals surface area contributed by atoms with E-state index in [1.807, 2.05) is 0 Å². The van der Waals surface area contributed by atoms with Crippen LogP contribution in [-0.2, 0) is 6.61 Å². The Bertz CT molecular complexity index is 280. The van der Waals surface area contributed by atoms with Gasteiger partial charge >= 0.3 is 5.69 Å². The molecule has 0 spiro atoms. The molecule has 0 bridgehead atoms. The zero-order chi connectivity index (χ0) is 7.56. The average Bonchev–Trinajstić information content (AvgIpc) is 1.85. The van der Waals surface area contributed by atoms with Crippen molar-refractivity contribution in [3.05, 3.63) is 22.2 Å². The third-order valence-electron chi connectivity index (χ3n) is 0.991.